The minimum absolute atomic E-state index is 0.122. The van der Waals surface area contributed by atoms with Gasteiger partial charge in [-0.3, -0.25) is 0 Å². The van der Waals surface area contributed by atoms with E-state index in [1.54, 1.807) is 0 Å². The van der Waals surface area contributed by atoms with Gasteiger partial charge >= 0.3 is 0 Å². The molecule has 20 heavy (non-hydrogen) atoms. The molecule has 2 aliphatic carbocycles. The lowest BCUT2D eigenvalue weighted by molar-refractivity contribution is 0.263. The highest BCUT2D eigenvalue weighted by molar-refractivity contribution is 6.30. The summed E-state index contributed by atoms with van der Waals surface area (Å²) in [5.74, 6) is 3.82. The highest BCUT2D eigenvalue weighted by atomic mass is 35.5. The fraction of sp³-hybridized carbons (Fsp3) is 0.647. The molecule has 3 rings (SSSR count). The second-order valence-corrected chi connectivity index (χ2v) is 7.67. The normalized spacial score (nSPS) is 29.1. The summed E-state index contributed by atoms with van der Waals surface area (Å²) in [5, 5.41) is 0.773. The van der Waals surface area contributed by atoms with Crippen molar-refractivity contribution < 1.29 is 0 Å². The maximum Gasteiger partial charge on any atom is 0.0408 e. The molecule has 3 heteroatoms. The molecule has 0 amide bonds. The van der Waals surface area contributed by atoms with E-state index in [2.05, 4.69) is 6.07 Å². The third-order valence-electron chi connectivity index (χ3n) is 5.49. The van der Waals surface area contributed by atoms with Crippen molar-refractivity contribution in [3.63, 3.8) is 0 Å². The van der Waals surface area contributed by atoms with Crippen LogP contribution in [0, 0.1) is 17.8 Å². The molecule has 0 radical (unpaired) electrons. The first-order chi connectivity index (χ1) is 9.66. The van der Waals surface area contributed by atoms with Crippen LogP contribution in [0.2, 0.25) is 5.02 Å². The van der Waals surface area contributed by atoms with Crippen LogP contribution in [0.15, 0.2) is 24.3 Å². The van der Waals surface area contributed by atoms with E-state index in [1.807, 2.05) is 18.2 Å². The molecule has 0 spiro atoms. The van der Waals surface area contributed by atoms with Crippen molar-refractivity contribution >= 4 is 34.8 Å². The minimum atomic E-state index is -0.122. The van der Waals surface area contributed by atoms with E-state index in [0.717, 1.165) is 29.2 Å². The molecule has 0 aromatic heterocycles. The lowest BCUT2D eigenvalue weighted by Crippen LogP contribution is -2.34. The average molecular weight is 332 g/mol. The van der Waals surface area contributed by atoms with Gasteiger partial charge < -0.3 is 0 Å². The SMILES string of the molecule is ClCC(CCl)(CC1CC2CCC1C2)c1cccc(Cl)c1. The standard InChI is InChI=1S/C17H21Cl3/c18-10-17(11-19,15-2-1-3-16(20)8-15)9-14-7-12-4-5-13(14)6-12/h1-3,8,12-14H,4-7,9-11H2. The molecule has 0 heterocycles. The molecule has 3 atom stereocenters. The Morgan fingerprint density at radius 1 is 1.10 bits per heavy atom. The van der Waals surface area contributed by atoms with Crippen LogP contribution in [0.4, 0.5) is 0 Å². The molecule has 2 aliphatic rings. The quantitative estimate of drug-likeness (QED) is 0.591. The Hall–Kier alpha value is 0.0900. The average Bonchev–Trinajstić information content (AvgIpc) is 3.07. The van der Waals surface area contributed by atoms with Crippen molar-refractivity contribution in [1.29, 1.82) is 0 Å². The summed E-state index contributed by atoms with van der Waals surface area (Å²) in [5.41, 5.74) is 1.08. The number of halogens is 3. The maximum absolute atomic E-state index is 6.36. The molecule has 1 aromatic carbocycles. The van der Waals surface area contributed by atoms with E-state index in [4.69, 9.17) is 34.8 Å². The number of alkyl halides is 2. The number of hydrogen-bond donors (Lipinski definition) is 0. The number of hydrogen-bond acceptors (Lipinski definition) is 0. The molecule has 2 fully saturated rings. The molecule has 0 nitrogen and oxygen atoms in total. The molecule has 2 saturated carbocycles. The number of benzene rings is 1. The summed E-state index contributed by atoms with van der Waals surface area (Å²) in [4.78, 5) is 0. The third-order valence-corrected chi connectivity index (χ3v) is 6.74. The predicted octanol–water partition coefficient (Wildman–Crippen LogP) is 5.88. The Morgan fingerprint density at radius 2 is 1.90 bits per heavy atom. The van der Waals surface area contributed by atoms with Crippen LogP contribution in [0.25, 0.3) is 0 Å². The van der Waals surface area contributed by atoms with Crippen LogP contribution < -0.4 is 0 Å². The monoisotopic (exact) mass is 330 g/mol. The first kappa shape index (κ1) is 15.0. The van der Waals surface area contributed by atoms with Crippen LogP contribution in [0.3, 0.4) is 0 Å². The van der Waals surface area contributed by atoms with Gasteiger partial charge in [0.1, 0.15) is 0 Å². The Balaban J connectivity index is 1.84. The summed E-state index contributed by atoms with van der Waals surface area (Å²) in [7, 11) is 0. The summed E-state index contributed by atoms with van der Waals surface area (Å²) in [6.45, 7) is 0. The van der Waals surface area contributed by atoms with Gasteiger partial charge in [-0.25, -0.2) is 0 Å². The number of fused-ring (bicyclic) bond motifs is 2. The highest BCUT2D eigenvalue weighted by Gasteiger charge is 2.44. The lowest BCUT2D eigenvalue weighted by atomic mass is 9.72. The van der Waals surface area contributed by atoms with Crippen LogP contribution in [0.1, 0.15) is 37.7 Å². The first-order valence-electron chi connectivity index (χ1n) is 7.55. The number of rotatable bonds is 5. The van der Waals surface area contributed by atoms with E-state index >= 15 is 0 Å². The largest absolute Gasteiger partial charge is 0.126 e. The molecular formula is C17H21Cl3. The molecule has 0 aliphatic heterocycles. The smallest absolute Gasteiger partial charge is 0.0408 e. The summed E-state index contributed by atoms with van der Waals surface area (Å²) in [6.07, 6.45) is 6.77. The van der Waals surface area contributed by atoms with Gasteiger partial charge in [-0.1, -0.05) is 30.2 Å². The van der Waals surface area contributed by atoms with E-state index in [1.165, 1.54) is 31.2 Å². The van der Waals surface area contributed by atoms with Gasteiger partial charge in [-0.2, -0.15) is 0 Å². The van der Waals surface area contributed by atoms with E-state index < -0.39 is 0 Å². The maximum atomic E-state index is 6.36. The van der Waals surface area contributed by atoms with Gasteiger partial charge in [0.2, 0.25) is 0 Å². The second kappa shape index (κ2) is 6.07. The van der Waals surface area contributed by atoms with Crippen LogP contribution in [-0.2, 0) is 5.41 Å². The third kappa shape index (κ3) is 2.72. The zero-order valence-corrected chi connectivity index (χ0v) is 13.9. The Labute approximate surface area is 136 Å². The van der Waals surface area contributed by atoms with Gasteiger partial charge in [0.15, 0.2) is 0 Å². The minimum Gasteiger partial charge on any atom is -0.126 e. The van der Waals surface area contributed by atoms with Crippen molar-refractivity contribution in [2.24, 2.45) is 17.8 Å². The lowest BCUT2D eigenvalue weighted by Gasteiger charge is -2.36. The molecule has 0 N–H and O–H groups in total. The fourth-order valence-corrected chi connectivity index (χ4v) is 5.37. The Kier molecular flexibility index (Phi) is 4.55. The highest BCUT2D eigenvalue weighted by Crippen LogP contribution is 2.52. The van der Waals surface area contributed by atoms with Crippen molar-refractivity contribution in [3.8, 4) is 0 Å². The van der Waals surface area contributed by atoms with Gasteiger partial charge in [-0.05, 0) is 61.1 Å². The molecule has 1 aromatic rings. The predicted molar refractivity (Wildman–Crippen MR) is 88.1 cm³/mol. The van der Waals surface area contributed by atoms with E-state index in [0.29, 0.717) is 11.8 Å². The van der Waals surface area contributed by atoms with Crippen molar-refractivity contribution in [2.45, 2.75) is 37.5 Å². The summed E-state index contributed by atoms with van der Waals surface area (Å²) >= 11 is 18.9. The fourth-order valence-electron chi connectivity index (χ4n) is 4.36. The molecule has 0 saturated heterocycles. The zero-order valence-electron chi connectivity index (χ0n) is 11.6. The Bertz CT molecular complexity index is 467. The topological polar surface area (TPSA) is 0 Å². The molecule has 110 valence electrons. The van der Waals surface area contributed by atoms with Crippen LogP contribution in [0.5, 0.6) is 0 Å². The Morgan fingerprint density at radius 3 is 2.45 bits per heavy atom. The van der Waals surface area contributed by atoms with E-state index in [-0.39, 0.29) is 5.41 Å². The van der Waals surface area contributed by atoms with Crippen molar-refractivity contribution in [1.82, 2.24) is 0 Å². The van der Waals surface area contributed by atoms with Crippen LogP contribution in [-0.4, -0.2) is 11.8 Å². The summed E-state index contributed by atoms with van der Waals surface area (Å²) in [6, 6.07) is 8.09. The molecular weight excluding hydrogens is 311 g/mol. The second-order valence-electron chi connectivity index (χ2n) is 6.70. The van der Waals surface area contributed by atoms with E-state index in [9.17, 15) is 0 Å². The first-order valence-corrected chi connectivity index (χ1v) is 8.99. The van der Waals surface area contributed by atoms with Gasteiger partial charge in [0, 0.05) is 22.2 Å². The van der Waals surface area contributed by atoms with Gasteiger partial charge in [0.05, 0.1) is 0 Å². The van der Waals surface area contributed by atoms with Crippen LogP contribution >= 0.6 is 34.8 Å². The zero-order chi connectivity index (χ0) is 14.2. The summed E-state index contributed by atoms with van der Waals surface area (Å²) < 4.78 is 0. The van der Waals surface area contributed by atoms with Crippen molar-refractivity contribution in [2.75, 3.05) is 11.8 Å². The van der Waals surface area contributed by atoms with Crippen molar-refractivity contribution in [3.05, 3.63) is 34.9 Å². The van der Waals surface area contributed by atoms with Gasteiger partial charge in [0.25, 0.3) is 0 Å². The molecule has 2 bridgehead atoms. The van der Waals surface area contributed by atoms with Gasteiger partial charge in [-0.15, -0.1) is 23.2 Å². The molecule has 3 unspecified atom stereocenters.